The first-order chi connectivity index (χ1) is 7.38. The first-order valence-electron chi connectivity index (χ1n) is 5.41. The molecule has 0 radical (unpaired) electrons. The van der Waals surface area contributed by atoms with E-state index < -0.39 is 0 Å². The van der Waals surface area contributed by atoms with Crippen LogP contribution < -0.4 is 5.73 Å². The molecular formula is C13H19NO2. The molecule has 0 aliphatic heterocycles. The highest BCUT2D eigenvalue weighted by Gasteiger charge is 2.12. The Morgan fingerprint density at radius 3 is 2.31 bits per heavy atom. The summed E-state index contributed by atoms with van der Waals surface area (Å²) in [7, 11) is 0. The topological polar surface area (TPSA) is 52.3 Å². The quantitative estimate of drug-likeness (QED) is 0.630. The predicted molar refractivity (Wildman–Crippen MR) is 65.2 cm³/mol. The Hall–Kier alpha value is -1.51. The van der Waals surface area contributed by atoms with Crippen LogP contribution in [0, 0.1) is 5.41 Å². The van der Waals surface area contributed by atoms with Gasteiger partial charge >= 0.3 is 5.97 Å². The number of ether oxygens (including phenoxy) is 1. The summed E-state index contributed by atoms with van der Waals surface area (Å²) in [5.41, 5.74) is 6.90. The first-order valence-corrected chi connectivity index (χ1v) is 5.41. The molecule has 3 nitrogen and oxygen atoms in total. The molecule has 0 fully saturated rings. The second-order valence-corrected chi connectivity index (χ2v) is 5.07. The summed E-state index contributed by atoms with van der Waals surface area (Å²) in [5.74, 6) is -0.288. The summed E-state index contributed by atoms with van der Waals surface area (Å²) in [5, 5.41) is 0. The monoisotopic (exact) mass is 221 g/mol. The molecule has 0 aliphatic rings. The number of hydrogen-bond donors (Lipinski definition) is 1. The van der Waals surface area contributed by atoms with Crippen molar-refractivity contribution in [2.75, 3.05) is 12.3 Å². The van der Waals surface area contributed by atoms with Crippen molar-refractivity contribution in [1.29, 1.82) is 0 Å². The number of carbonyl (C=O) groups excluding carboxylic acids is 1. The number of carbonyl (C=O) groups is 1. The summed E-state index contributed by atoms with van der Waals surface area (Å²) < 4.78 is 5.16. The van der Waals surface area contributed by atoms with Gasteiger partial charge < -0.3 is 10.5 Å². The lowest BCUT2D eigenvalue weighted by atomic mass is 9.93. The molecule has 0 atom stereocenters. The Kier molecular flexibility index (Phi) is 3.93. The summed E-state index contributed by atoms with van der Waals surface area (Å²) in [6.07, 6.45) is 0.855. The molecule has 1 aromatic rings. The standard InChI is InChI=1S/C13H19NO2/c1-13(2,3)8-9-16-12(15)10-4-6-11(14)7-5-10/h4-7H,8-9,14H2,1-3H3. The van der Waals surface area contributed by atoms with Gasteiger partial charge in [-0.3, -0.25) is 0 Å². The van der Waals surface area contributed by atoms with Gasteiger partial charge in [0.25, 0.3) is 0 Å². The van der Waals surface area contributed by atoms with E-state index in [1.165, 1.54) is 0 Å². The fourth-order valence-electron chi connectivity index (χ4n) is 1.15. The predicted octanol–water partition coefficient (Wildman–Crippen LogP) is 2.86. The molecule has 88 valence electrons. The molecule has 1 rings (SSSR count). The second kappa shape index (κ2) is 5.01. The summed E-state index contributed by atoms with van der Waals surface area (Å²) in [6.45, 7) is 6.80. The van der Waals surface area contributed by atoms with Crippen molar-refractivity contribution in [1.82, 2.24) is 0 Å². The Balaban J connectivity index is 2.44. The average Bonchev–Trinajstić information content (AvgIpc) is 2.16. The average molecular weight is 221 g/mol. The van der Waals surface area contributed by atoms with Crippen molar-refractivity contribution in [3.63, 3.8) is 0 Å². The van der Waals surface area contributed by atoms with Crippen molar-refractivity contribution >= 4 is 11.7 Å². The Morgan fingerprint density at radius 2 is 1.81 bits per heavy atom. The third-order valence-electron chi connectivity index (χ3n) is 2.23. The highest BCUT2D eigenvalue weighted by Crippen LogP contribution is 2.18. The molecular weight excluding hydrogens is 202 g/mol. The van der Waals surface area contributed by atoms with Gasteiger partial charge in [-0.2, -0.15) is 0 Å². The molecule has 0 bridgehead atoms. The number of nitrogen functional groups attached to an aromatic ring is 1. The minimum atomic E-state index is -0.288. The maximum absolute atomic E-state index is 11.6. The minimum absolute atomic E-state index is 0.182. The van der Waals surface area contributed by atoms with E-state index in [2.05, 4.69) is 20.8 Å². The van der Waals surface area contributed by atoms with E-state index in [0.717, 1.165) is 6.42 Å². The van der Waals surface area contributed by atoms with Crippen molar-refractivity contribution in [3.8, 4) is 0 Å². The van der Waals surface area contributed by atoms with E-state index in [1.54, 1.807) is 24.3 Å². The molecule has 0 saturated carbocycles. The van der Waals surface area contributed by atoms with Crippen LogP contribution in [0.15, 0.2) is 24.3 Å². The van der Waals surface area contributed by atoms with Crippen LogP contribution in [0.3, 0.4) is 0 Å². The van der Waals surface area contributed by atoms with Crippen molar-refractivity contribution in [2.24, 2.45) is 5.41 Å². The van der Waals surface area contributed by atoms with Gasteiger partial charge in [0.05, 0.1) is 12.2 Å². The second-order valence-electron chi connectivity index (χ2n) is 5.07. The third kappa shape index (κ3) is 4.34. The molecule has 0 spiro atoms. The molecule has 0 aliphatic carbocycles. The van der Waals surface area contributed by atoms with E-state index >= 15 is 0 Å². The molecule has 0 saturated heterocycles. The number of nitrogens with two attached hydrogens (primary N) is 1. The van der Waals surface area contributed by atoms with Crippen LogP contribution in [0.4, 0.5) is 5.69 Å². The van der Waals surface area contributed by atoms with Gasteiger partial charge in [-0.15, -0.1) is 0 Å². The number of hydrogen-bond acceptors (Lipinski definition) is 3. The summed E-state index contributed by atoms with van der Waals surface area (Å²) in [6, 6.07) is 6.74. The Bertz CT molecular complexity index is 349. The molecule has 0 amide bonds. The van der Waals surface area contributed by atoms with E-state index in [0.29, 0.717) is 17.9 Å². The molecule has 16 heavy (non-hydrogen) atoms. The fourth-order valence-corrected chi connectivity index (χ4v) is 1.15. The van der Waals surface area contributed by atoms with Crippen LogP contribution in [0.1, 0.15) is 37.6 Å². The lowest BCUT2D eigenvalue weighted by Crippen LogP contribution is -2.13. The molecule has 2 N–H and O–H groups in total. The lowest BCUT2D eigenvalue weighted by molar-refractivity contribution is 0.0465. The highest BCUT2D eigenvalue weighted by atomic mass is 16.5. The van der Waals surface area contributed by atoms with Gasteiger partial charge in [0, 0.05) is 5.69 Å². The molecule has 3 heteroatoms. The zero-order chi connectivity index (χ0) is 12.2. The highest BCUT2D eigenvalue weighted by molar-refractivity contribution is 5.89. The number of benzene rings is 1. The zero-order valence-corrected chi connectivity index (χ0v) is 10.1. The zero-order valence-electron chi connectivity index (χ0n) is 10.1. The van der Waals surface area contributed by atoms with Gasteiger partial charge in [0.1, 0.15) is 0 Å². The fraction of sp³-hybridized carbons (Fsp3) is 0.462. The Labute approximate surface area is 96.6 Å². The molecule has 0 aromatic heterocycles. The number of rotatable bonds is 3. The largest absolute Gasteiger partial charge is 0.462 e. The van der Waals surface area contributed by atoms with Crippen LogP contribution in [-0.2, 0) is 4.74 Å². The normalized spacial score (nSPS) is 11.2. The number of anilines is 1. The smallest absolute Gasteiger partial charge is 0.338 e. The van der Waals surface area contributed by atoms with Crippen LogP contribution in [0.25, 0.3) is 0 Å². The maximum atomic E-state index is 11.6. The van der Waals surface area contributed by atoms with Crippen molar-refractivity contribution in [2.45, 2.75) is 27.2 Å². The van der Waals surface area contributed by atoms with E-state index in [1.807, 2.05) is 0 Å². The molecule has 0 heterocycles. The van der Waals surface area contributed by atoms with E-state index in [4.69, 9.17) is 10.5 Å². The minimum Gasteiger partial charge on any atom is -0.462 e. The van der Waals surface area contributed by atoms with Gasteiger partial charge in [-0.05, 0) is 36.1 Å². The van der Waals surface area contributed by atoms with Crippen molar-refractivity contribution in [3.05, 3.63) is 29.8 Å². The third-order valence-corrected chi connectivity index (χ3v) is 2.23. The molecule has 0 unspecified atom stereocenters. The van der Waals surface area contributed by atoms with E-state index in [9.17, 15) is 4.79 Å². The first kappa shape index (κ1) is 12.6. The van der Waals surface area contributed by atoms with Crippen LogP contribution in [-0.4, -0.2) is 12.6 Å². The van der Waals surface area contributed by atoms with Gasteiger partial charge in [0.2, 0.25) is 0 Å². The molecule has 1 aromatic carbocycles. The maximum Gasteiger partial charge on any atom is 0.338 e. The summed E-state index contributed by atoms with van der Waals surface area (Å²) >= 11 is 0. The van der Waals surface area contributed by atoms with Gasteiger partial charge in [0.15, 0.2) is 0 Å². The van der Waals surface area contributed by atoms with Crippen molar-refractivity contribution < 1.29 is 9.53 Å². The Morgan fingerprint density at radius 1 is 1.25 bits per heavy atom. The lowest BCUT2D eigenvalue weighted by Gasteiger charge is -2.17. The van der Waals surface area contributed by atoms with Gasteiger partial charge in [-0.1, -0.05) is 20.8 Å². The van der Waals surface area contributed by atoms with E-state index in [-0.39, 0.29) is 11.4 Å². The SMILES string of the molecule is CC(C)(C)CCOC(=O)c1ccc(N)cc1. The van der Waals surface area contributed by atoms with Crippen LogP contribution in [0.2, 0.25) is 0 Å². The van der Waals surface area contributed by atoms with Crippen LogP contribution >= 0.6 is 0 Å². The van der Waals surface area contributed by atoms with Gasteiger partial charge in [-0.25, -0.2) is 4.79 Å². The summed E-state index contributed by atoms with van der Waals surface area (Å²) in [4.78, 5) is 11.6. The van der Waals surface area contributed by atoms with Crippen LogP contribution in [0.5, 0.6) is 0 Å². The number of esters is 1.